The quantitative estimate of drug-likeness (QED) is 0.605. The van der Waals surface area contributed by atoms with Gasteiger partial charge in [-0.1, -0.05) is 43.2 Å². The first-order valence-corrected chi connectivity index (χ1v) is 11.1. The molecule has 3 aromatic rings. The van der Waals surface area contributed by atoms with Gasteiger partial charge in [0.05, 0.1) is 11.5 Å². The third kappa shape index (κ3) is 3.72. The van der Waals surface area contributed by atoms with Gasteiger partial charge < -0.3 is 10.4 Å². The fraction of sp³-hybridized carbons (Fsp3) is 0.318. The zero-order chi connectivity index (χ0) is 18.7. The van der Waals surface area contributed by atoms with Crippen LogP contribution in [0.2, 0.25) is 0 Å². The van der Waals surface area contributed by atoms with Crippen molar-refractivity contribution in [3.63, 3.8) is 0 Å². The van der Waals surface area contributed by atoms with E-state index in [9.17, 15) is 9.90 Å². The number of benzene rings is 1. The summed E-state index contributed by atoms with van der Waals surface area (Å²) in [5.74, 6) is 0.0522. The topological polar surface area (TPSA) is 49.3 Å². The second-order valence-electron chi connectivity index (χ2n) is 7.13. The Morgan fingerprint density at radius 2 is 1.85 bits per heavy atom. The van der Waals surface area contributed by atoms with Crippen molar-refractivity contribution in [1.29, 1.82) is 0 Å². The zero-order valence-electron chi connectivity index (χ0n) is 15.1. The van der Waals surface area contributed by atoms with Crippen molar-refractivity contribution >= 4 is 28.6 Å². The van der Waals surface area contributed by atoms with Crippen molar-refractivity contribution in [2.45, 2.75) is 37.2 Å². The fourth-order valence-corrected chi connectivity index (χ4v) is 5.57. The number of aliphatic hydroxyl groups is 1. The number of nitrogens with one attached hydrogen (secondary N) is 1. The third-order valence-corrected chi connectivity index (χ3v) is 7.25. The summed E-state index contributed by atoms with van der Waals surface area (Å²) in [5.41, 5.74) is 2.75. The van der Waals surface area contributed by atoms with Crippen LogP contribution in [0.1, 0.15) is 42.2 Å². The zero-order valence-corrected chi connectivity index (χ0v) is 16.7. The van der Waals surface area contributed by atoms with Crippen LogP contribution >= 0.6 is 22.7 Å². The van der Waals surface area contributed by atoms with Crippen LogP contribution < -0.4 is 5.32 Å². The van der Waals surface area contributed by atoms with Gasteiger partial charge >= 0.3 is 0 Å². The van der Waals surface area contributed by atoms with E-state index >= 15 is 0 Å². The molecule has 1 aliphatic carbocycles. The summed E-state index contributed by atoms with van der Waals surface area (Å²) >= 11 is 3.33. The van der Waals surface area contributed by atoms with E-state index < -0.39 is 11.5 Å². The fourth-order valence-electron chi connectivity index (χ4n) is 3.92. The van der Waals surface area contributed by atoms with E-state index in [1.807, 2.05) is 35.7 Å². The van der Waals surface area contributed by atoms with Crippen LogP contribution in [0.4, 0.5) is 0 Å². The van der Waals surface area contributed by atoms with Gasteiger partial charge in [-0.2, -0.15) is 11.3 Å². The maximum absolute atomic E-state index is 13.0. The predicted octanol–water partition coefficient (Wildman–Crippen LogP) is 5.14. The number of carbonyl (C=O) groups excluding carboxylic acids is 1. The SMILES string of the molecule is O=C(NCC(O)c1ccc(-c2ccsc2)cc1)C1(c2cccs2)CCCC1. The largest absolute Gasteiger partial charge is 0.387 e. The van der Waals surface area contributed by atoms with Crippen molar-refractivity contribution in [1.82, 2.24) is 5.32 Å². The summed E-state index contributed by atoms with van der Waals surface area (Å²) in [6, 6.07) is 14.1. The Morgan fingerprint density at radius 3 is 2.48 bits per heavy atom. The number of hydrogen-bond acceptors (Lipinski definition) is 4. The highest BCUT2D eigenvalue weighted by atomic mass is 32.1. The Balaban J connectivity index is 1.41. The molecule has 0 radical (unpaired) electrons. The molecule has 2 heterocycles. The van der Waals surface area contributed by atoms with E-state index in [2.05, 4.69) is 28.2 Å². The summed E-state index contributed by atoms with van der Waals surface area (Å²) in [7, 11) is 0. The highest BCUT2D eigenvalue weighted by Crippen LogP contribution is 2.43. The van der Waals surface area contributed by atoms with E-state index in [4.69, 9.17) is 0 Å². The number of carbonyl (C=O) groups is 1. The van der Waals surface area contributed by atoms with Crippen molar-refractivity contribution < 1.29 is 9.90 Å². The molecule has 0 saturated heterocycles. The maximum Gasteiger partial charge on any atom is 0.231 e. The molecule has 1 unspecified atom stereocenters. The van der Waals surface area contributed by atoms with Crippen LogP contribution in [0.15, 0.2) is 58.6 Å². The lowest BCUT2D eigenvalue weighted by atomic mass is 9.83. The number of amides is 1. The molecule has 0 spiro atoms. The molecule has 2 aromatic heterocycles. The Hall–Kier alpha value is -1.95. The minimum atomic E-state index is -0.702. The highest BCUT2D eigenvalue weighted by Gasteiger charge is 2.43. The molecule has 1 aliphatic rings. The van der Waals surface area contributed by atoms with Crippen molar-refractivity contribution in [3.05, 3.63) is 69.0 Å². The van der Waals surface area contributed by atoms with Crippen molar-refractivity contribution in [2.75, 3.05) is 6.54 Å². The van der Waals surface area contributed by atoms with E-state index in [-0.39, 0.29) is 12.5 Å². The standard InChI is InChI=1S/C22H23NO2S2/c24-19(17-7-5-16(6-8-17)18-9-13-26-15-18)14-23-21(25)22(10-1-2-11-22)20-4-3-12-27-20/h3-9,12-13,15,19,24H,1-2,10-11,14H2,(H,23,25). The van der Waals surface area contributed by atoms with E-state index in [1.54, 1.807) is 22.7 Å². The lowest BCUT2D eigenvalue weighted by molar-refractivity contribution is -0.127. The van der Waals surface area contributed by atoms with Gasteiger partial charge in [-0.3, -0.25) is 4.79 Å². The number of rotatable bonds is 6. The average Bonchev–Trinajstić information content (AvgIpc) is 3.47. The minimum Gasteiger partial charge on any atom is -0.387 e. The summed E-state index contributed by atoms with van der Waals surface area (Å²) in [5, 5.41) is 19.7. The first kappa shape index (κ1) is 18.4. The average molecular weight is 398 g/mol. The molecule has 1 atom stereocenters. The second-order valence-corrected chi connectivity index (χ2v) is 8.85. The van der Waals surface area contributed by atoms with Gasteiger partial charge in [-0.25, -0.2) is 0 Å². The molecule has 1 aromatic carbocycles. The maximum atomic E-state index is 13.0. The predicted molar refractivity (Wildman–Crippen MR) is 112 cm³/mol. The van der Waals surface area contributed by atoms with E-state index in [1.165, 1.54) is 5.56 Å². The molecular weight excluding hydrogens is 374 g/mol. The van der Waals surface area contributed by atoms with Crippen LogP contribution in [0.5, 0.6) is 0 Å². The van der Waals surface area contributed by atoms with Gasteiger partial charge in [0.2, 0.25) is 5.91 Å². The van der Waals surface area contributed by atoms with E-state index in [0.717, 1.165) is 41.7 Å². The monoisotopic (exact) mass is 397 g/mol. The second kappa shape index (κ2) is 7.97. The van der Waals surface area contributed by atoms with Gasteiger partial charge in [0, 0.05) is 11.4 Å². The Labute approximate surface area is 167 Å². The molecule has 1 amide bonds. The molecule has 5 heteroatoms. The molecule has 1 saturated carbocycles. The van der Waals surface area contributed by atoms with Gasteiger partial charge in [0.25, 0.3) is 0 Å². The number of thiophene rings is 2. The minimum absolute atomic E-state index is 0.0522. The molecule has 0 aliphatic heterocycles. The first-order chi connectivity index (χ1) is 13.2. The number of aliphatic hydroxyl groups excluding tert-OH is 1. The summed E-state index contributed by atoms with van der Waals surface area (Å²) in [6.45, 7) is 0.240. The van der Waals surface area contributed by atoms with Crippen LogP contribution in [0.3, 0.4) is 0 Å². The van der Waals surface area contributed by atoms with Crippen molar-refractivity contribution in [3.8, 4) is 11.1 Å². The molecule has 3 nitrogen and oxygen atoms in total. The summed E-state index contributed by atoms with van der Waals surface area (Å²) in [4.78, 5) is 14.1. The van der Waals surface area contributed by atoms with Gasteiger partial charge in [0.15, 0.2) is 0 Å². The Morgan fingerprint density at radius 1 is 1.07 bits per heavy atom. The van der Waals surface area contributed by atoms with Crippen LogP contribution in [0, 0.1) is 0 Å². The lowest BCUT2D eigenvalue weighted by Crippen LogP contribution is -2.43. The highest BCUT2D eigenvalue weighted by molar-refractivity contribution is 7.10. The molecule has 1 fully saturated rings. The van der Waals surface area contributed by atoms with E-state index in [0.29, 0.717) is 0 Å². The smallest absolute Gasteiger partial charge is 0.231 e. The first-order valence-electron chi connectivity index (χ1n) is 9.32. The van der Waals surface area contributed by atoms with Gasteiger partial charge in [0.1, 0.15) is 0 Å². The number of hydrogen-bond donors (Lipinski definition) is 2. The van der Waals surface area contributed by atoms with Crippen LogP contribution in [-0.2, 0) is 10.2 Å². The summed E-state index contributed by atoms with van der Waals surface area (Å²) in [6.07, 6.45) is 3.25. The summed E-state index contributed by atoms with van der Waals surface area (Å²) < 4.78 is 0. The molecule has 2 N–H and O–H groups in total. The van der Waals surface area contributed by atoms with Gasteiger partial charge in [-0.15, -0.1) is 11.3 Å². The molecule has 4 rings (SSSR count). The lowest BCUT2D eigenvalue weighted by Gasteiger charge is -2.27. The Kier molecular flexibility index (Phi) is 5.43. The molecular formula is C22H23NO2S2. The molecule has 140 valence electrons. The molecule has 27 heavy (non-hydrogen) atoms. The Bertz CT molecular complexity index is 864. The molecule has 0 bridgehead atoms. The third-order valence-electron chi connectivity index (χ3n) is 5.49. The van der Waals surface area contributed by atoms with Gasteiger partial charge in [-0.05, 0) is 57.8 Å². The van der Waals surface area contributed by atoms with Crippen LogP contribution in [0.25, 0.3) is 11.1 Å². The van der Waals surface area contributed by atoms with Crippen molar-refractivity contribution in [2.24, 2.45) is 0 Å². The normalized spacial score (nSPS) is 16.9. The van der Waals surface area contributed by atoms with Crippen LogP contribution in [-0.4, -0.2) is 17.6 Å².